The van der Waals surface area contributed by atoms with Crippen molar-refractivity contribution < 1.29 is 14.4 Å². The molecular formula is C20H21N3O3S. The van der Waals surface area contributed by atoms with E-state index in [2.05, 4.69) is 10.6 Å². The van der Waals surface area contributed by atoms with E-state index in [-0.39, 0.29) is 24.3 Å². The fourth-order valence-corrected chi connectivity index (χ4v) is 3.59. The van der Waals surface area contributed by atoms with Crippen LogP contribution in [0.4, 0.5) is 11.4 Å². The number of carbonyl (C=O) groups excluding carboxylic acids is 3. The third-order valence-electron chi connectivity index (χ3n) is 4.47. The Hall–Kier alpha value is -2.80. The number of fused-ring (bicyclic) bond motifs is 1. The summed E-state index contributed by atoms with van der Waals surface area (Å²) in [5.74, 6) is -0.253. The molecule has 140 valence electrons. The summed E-state index contributed by atoms with van der Waals surface area (Å²) in [4.78, 5) is 38.8. The van der Waals surface area contributed by atoms with Crippen molar-refractivity contribution in [3.8, 4) is 0 Å². The molecule has 0 fully saturated rings. The Kier molecular flexibility index (Phi) is 5.51. The number of nitrogens with zero attached hydrogens (tertiary/aromatic N) is 1. The van der Waals surface area contributed by atoms with Crippen molar-refractivity contribution in [3.05, 3.63) is 53.1 Å². The number of hydrogen-bond acceptors (Lipinski definition) is 4. The highest BCUT2D eigenvalue weighted by Gasteiger charge is 2.20. The van der Waals surface area contributed by atoms with Gasteiger partial charge in [-0.25, -0.2) is 0 Å². The summed E-state index contributed by atoms with van der Waals surface area (Å²) in [6.07, 6.45) is 0. The van der Waals surface area contributed by atoms with Gasteiger partial charge in [0.25, 0.3) is 5.91 Å². The first-order chi connectivity index (χ1) is 12.8. The second kappa shape index (κ2) is 7.84. The lowest BCUT2D eigenvalue weighted by atomic mass is 10.1. The molecule has 0 spiro atoms. The SMILES string of the molecule is Cc1cccc(NC(=O)CN(C)C(=O)c2ccc3c(c2)NC(=O)CS3)c1C. The van der Waals surface area contributed by atoms with Gasteiger partial charge in [-0.1, -0.05) is 12.1 Å². The molecule has 0 saturated carbocycles. The molecule has 0 saturated heterocycles. The zero-order chi connectivity index (χ0) is 19.6. The van der Waals surface area contributed by atoms with E-state index < -0.39 is 0 Å². The van der Waals surface area contributed by atoms with Gasteiger partial charge in [0, 0.05) is 23.2 Å². The van der Waals surface area contributed by atoms with E-state index in [0.717, 1.165) is 21.7 Å². The van der Waals surface area contributed by atoms with Crippen molar-refractivity contribution in [1.29, 1.82) is 0 Å². The largest absolute Gasteiger partial charge is 0.332 e. The number of thioether (sulfide) groups is 1. The van der Waals surface area contributed by atoms with E-state index in [9.17, 15) is 14.4 Å². The topological polar surface area (TPSA) is 78.5 Å². The van der Waals surface area contributed by atoms with Gasteiger partial charge in [0.2, 0.25) is 11.8 Å². The van der Waals surface area contributed by atoms with Crippen molar-refractivity contribution in [2.24, 2.45) is 0 Å². The van der Waals surface area contributed by atoms with Crippen molar-refractivity contribution in [2.75, 3.05) is 30.0 Å². The molecule has 0 bridgehead atoms. The second-order valence-corrected chi connectivity index (χ2v) is 7.52. The Labute approximate surface area is 162 Å². The van der Waals surface area contributed by atoms with Gasteiger partial charge in [-0.05, 0) is 49.2 Å². The number of likely N-dealkylation sites (N-methyl/N-ethyl adjacent to an activating group) is 1. The van der Waals surface area contributed by atoms with Gasteiger partial charge in [0.1, 0.15) is 0 Å². The standard InChI is InChI=1S/C20H21N3O3S/c1-12-5-4-6-15(13(12)2)21-18(24)10-23(3)20(26)14-7-8-17-16(9-14)22-19(25)11-27-17/h4-9H,10-11H2,1-3H3,(H,21,24)(H,22,25). The zero-order valence-corrected chi connectivity index (χ0v) is 16.3. The molecular weight excluding hydrogens is 362 g/mol. The van der Waals surface area contributed by atoms with E-state index in [1.54, 1.807) is 19.2 Å². The quantitative estimate of drug-likeness (QED) is 0.851. The molecule has 6 nitrogen and oxygen atoms in total. The minimum Gasteiger partial charge on any atom is -0.332 e. The predicted molar refractivity (Wildman–Crippen MR) is 107 cm³/mol. The monoisotopic (exact) mass is 383 g/mol. The summed E-state index contributed by atoms with van der Waals surface area (Å²) in [5, 5.41) is 5.62. The lowest BCUT2D eigenvalue weighted by molar-refractivity contribution is -0.116. The highest BCUT2D eigenvalue weighted by Crippen LogP contribution is 2.32. The van der Waals surface area contributed by atoms with Crippen LogP contribution in [0, 0.1) is 13.8 Å². The molecule has 0 aromatic heterocycles. The summed E-state index contributed by atoms with van der Waals surface area (Å²) in [5.41, 5.74) is 3.90. The lowest BCUT2D eigenvalue weighted by Gasteiger charge is -2.20. The van der Waals surface area contributed by atoms with Crippen molar-refractivity contribution in [2.45, 2.75) is 18.7 Å². The van der Waals surface area contributed by atoms with Gasteiger partial charge in [0.15, 0.2) is 0 Å². The molecule has 0 atom stereocenters. The molecule has 2 aromatic carbocycles. The average molecular weight is 383 g/mol. The second-order valence-electron chi connectivity index (χ2n) is 6.50. The molecule has 27 heavy (non-hydrogen) atoms. The van der Waals surface area contributed by atoms with Crippen LogP contribution in [0.25, 0.3) is 0 Å². The summed E-state index contributed by atoms with van der Waals surface area (Å²) in [7, 11) is 1.58. The Bertz CT molecular complexity index is 927. The summed E-state index contributed by atoms with van der Waals surface area (Å²) >= 11 is 1.44. The first-order valence-corrected chi connectivity index (χ1v) is 9.52. The molecule has 1 heterocycles. The maximum Gasteiger partial charge on any atom is 0.254 e. The van der Waals surface area contributed by atoms with Crippen LogP contribution in [0.2, 0.25) is 0 Å². The van der Waals surface area contributed by atoms with Crippen LogP contribution in [-0.2, 0) is 9.59 Å². The highest BCUT2D eigenvalue weighted by molar-refractivity contribution is 8.00. The van der Waals surface area contributed by atoms with Gasteiger partial charge >= 0.3 is 0 Å². The number of carbonyl (C=O) groups is 3. The summed E-state index contributed by atoms with van der Waals surface area (Å²) in [6, 6.07) is 10.9. The summed E-state index contributed by atoms with van der Waals surface area (Å²) in [6.45, 7) is 3.86. The molecule has 0 unspecified atom stereocenters. The summed E-state index contributed by atoms with van der Waals surface area (Å²) < 4.78 is 0. The molecule has 2 aromatic rings. The van der Waals surface area contributed by atoms with E-state index in [4.69, 9.17) is 0 Å². The van der Waals surface area contributed by atoms with Crippen molar-refractivity contribution in [1.82, 2.24) is 4.90 Å². The highest BCUT2D eigenvalue weighted by atomic mass is 32.2. The van der Waals surface area contributed by atoms with E-state index in [1.807, 2.05) is 38.1 Å². The van der Waals surface area contributed by atoms with E-state index >= 15 is 0 Å². The van der Waals surface area contributed by atoms with Crippen LogP contribution >= 0.6 is 11.8 Å². The van der Waals surface area contributed by atoms with Gasteiger partial charge in [-0.2, -0.15) is 0 Å². The van der Waals surface area contributed by atoms with Crippen LogP contribution in [0.15, 0.2) is 41.3 Å². The number of nitrogens with one attached hydrogen (secondary N) is 2. The van der Waals surface area contributed by atoms with Gasteiger partial charge in [-0.15, -0.1) is 11.8 Å². The van der Waals surface area contributed by atoms with Crippen LogP contribution in [0.5, 0.6) is 0 Å². The normalized spacial score (nSPS) is 12.8. The van der Waals surface area contributed by atoms with Gasteiger partial charge in [-0.3, -0.25) is 14.4 Å². The Morgan fingerprint density at radius 1 is 1.22 bits per heavy atom. The molecule has 1 aliphatic heterocycles. The molecule has 0 aliphatic carbocycles. The van der Waals surface area contributed by atoms with Crippen LogP contribution in [0.1, 0.15) is 21.5 Å². The fourth-order valence-electron chi connectivity index (χ4n) is 2.80. The third kappa shape index (κ3) is 4.31. The average Bonchev–Trinajstić information content (AvgIpc) is 2.64. The van der Waals surface area contributed by atoms with Crippen LogP contribution in [-0.4, -0.2) is 42.0 Å². The number of benzene rings is 2. The van der Waals surface area contributed by atoms with Crippen molar-refractivity contribution >= 4 is 40.9 Å². The molecule has 3 rings (SSSR count). The molecule has 3 amide bonds. The van der Waals surface area contributed by atoms with E-state index in [1.165, 1.54) is 16.7 Å². The first kappa shape index (κ1) is 19.0. The Morgan fingerprint density at radius 3 is 2.78 bits per heavy atom. The zero-order valence-electron chi connectivity index (χ0n) is 15.5. The van der Waals surface area contributed by atoms with Gasteiger partial charge < -0.3 is 15.5 Å². The maximum absolute atomic E-state index is 12.6. The lowest BCUT2D eigenvalue weighted by Crippen LogP contribution is -2.35. The first-order valence-electron chi connectivity index (χ1n) is 8.53. The predicted octanol–water partition coefficient (Wildman–Crippen LogP) is 3.06. The number of anilines is 2. The molecule has 7 heteroatoms. The maximum atomic E-state index is 12.6. The van der Waals surface area contributed by atoms with Gasteiger partial charge in [0.05, 0.1) is 18.0 Å². The minimum absolute atomic E-state index is 0.0651. The molecule has 0 radical (unpaired) electrons. The van der Waals surface area contributed by atoms with E-state index in [0.29, 0.717) is 17.0 Å². The fraction of sp³-hybridized carbons (Fsp3) is 0.250. The minimum atomic E-state index is -0.279. The number of rotatable bonds is 4. The Balaban J connectivity index is 1.67. The smallest absolute Gasteiger partial charge is 0.254 e. The van der Waals surface area contributed by atoms with Crippen molar-refractivity contribution in [3.63, 3.8) is 0 Å². The molecule has 2 N–H and O–H groups in total. The molecule has 1 aliphatic rings. The Morgan fingerprint density at radius 2 is 2.00 bits per heavy atom. The third-order valence-corrected chi connectivity index (χ3v) is 5.54. The number of hydrogen-bond donors (Lipinski definition) is 2. The number of amides is 3. The number of aryl methyl sites for hydroxylation is 1. The van der Waals surface area contributed by atoms with Crippen LogP contribution < -0.4 is 10.6 Å². The van der Waals surface area contributed by atoms with Crippen LogP contribution in [0.3, 0.4) is 0 Å².